The first-order valence-electron chi connectivity index (χ1n) is 7.95. The summed E-state index contributed by atoms with van der Waals surface area (Å²) in [6.45, 7) is 7.12. The normalized spacial score (nSPS) is 11.0. The summed E-state index contributed by atoms with van der Waals surface area (Å²) in [4.78, 5) is 27.8. The minimum Gasteiger partial charge on any atom is -0.350 e. The van der Waals surface area contributed by atoms with Crippen LogP contribution in [0.3, 0.4) is 0 Å². The molecular formula is C19H23N3O2. The van der Waals surface area contributed by atoms with Gasteiger partial charge in [0.1, 0.15) is 0 Å². The third kappa shape index (κ3) is 4.91. The fraction of sp³-hybridized carbons (Fsp3) is 0.316. The highest BCUT2D eigenvalue weighted by atomic mass is 16.2. The van der Waals surface area contributed by atoms with Crippen molar-refractivity contribution in [3.05, 3.63) is 65.5 Å². The van der Waals surface area contributed by atoms with E-state index >= 15 is 0 Å². The number of pyridine rings is 1. The summed E-state index contributed by atoms with van der Waals surface area (Å²) < 4.78 is 0. The number of rotatable bonds is 5. The highest BCUT2D eigenvalue weighted by Crippen LogP contribution is 2.22. The molecule has 126 valence electrons. The second-order valence-corrected chi connectivity index (χ2v) is 6.58. The summed E-state index contributed by atoms with van der Waals surface area (Å²) in [5.41, 5.74) is 2.36. The molecule has 0 fully saturated rings. The molecule has 0 saturated carbocycles. The summed E-state index contributed by atoms with van der Waals surface area (Å²) in [6, 6.07) is 11.0. The fourth-order valence-electron chi connectivity index (χ4n) is 2.17. The average Bonchev–Trinajstić information content (AvgIpc) is 2.58. The molecule has 1 aromatic heterocycles. The Morgan fingerprint density at radius 1 is 0.917 bits per heavy atom. The van der Waals surface area contributed by atoms with Gasteiger partial charge in [0.25, 0.3) is 11.8 Å². The zero-order valence-corrected chi connectivity index (χ0v) is 14.3. The monoisotopic (exact) mass is 325 g/mol. The van der Waals surface area contributed by atoms with Gasteiger partial charge in [-0.1, -0.05) is 32.9 Å². The molecular weight excluding hydrogens is 302 g/mol. The van der Waals surface area contributed by atoms with Crippen LogP contribution < -0.4 is 10.6 Å². The maximum Gasteiger partial charge on any atom is 0.252 e. The van der Waals surface area contributed by atoms with Gasteiger partial charge in [-0.3, -0.25) is 14.6 Å². The fourth-order valence-corrected chi connectivity index (χ4v) is 2.17. The summed E-state index contributed by atoms with van der Waals surface area (Å²) in [5, 5.41) is 5.54. The van der Waals surface area contributed by atoms with E-state index in [-0.39, 0.29) is 17.2 Å². The van der Waals surface area contributed by atoms with E-state index in [4.69, 9.17) is 0 Å². The van der Waals surface area contributed by atoms with Crippen molar-refractivity contribution >= 4 is 11.8 Å². The van der Waals surface area contributed by atoms with Crippen molar-refractivity contribution in [2.75, 3.05) is 13.1 Å². The maximum atomic E-state index is 12.1. The molecule has 0 saturated heterocycles. The van der Waals surface area contributed by atoms with E-state index in [1.165, 1.54) is 11.8 Å². The Labute approximate surface area is 142 Å². The van der Waals surface area contributed by atoms with Gasteiger partial charge < -0.3 is 10.6 Å². The summed E-state index contributed by atoms with van der Waals surface area (Å²) in [7, 11) is 0. The molecule has 0 bridgehead atoms. The largest absolute Gasteiger partial charge is 0.350 e. The number of amides is 2. The van der Waals surface area contributed by atoms with Gasteiger partial charge in [0.15, 0.2) is 0 Å². The van der Waals surface area contributed by atoms with Crippen LogP contribution in [0.4, 0.5) is 0 Å². The molecule has 2 amide bonds. The Hall–Kier alpha value is -2.69. The van der Waals surface area contributed by atoms with E-state index in [2.05, 4.69) is 36.4 Å². The van der Waals surface area contributed by atoms with Gasteiger partial charge in [0, 0.05) is 31.0 Å². The van der Waals surface area contributed by atoms with E-state index in [0.29, 0.717) is 24.2 Å². The molecule has 5 nitrogen and oxygen atoms in total. The lowest BCUT2D eigenvalue weighted by molar-refractivity contribution is 0.0927. The Balaban J connectivity index is 1.78. The first-order valence-corrected chi connectivity index (χ1v) is 7.95. The summed E-state index contributed by atoms with van der Waals surface area (Å²) in [6.07, 6.45) is 3.12. The molecule has 24 heavy (non-hydrogen) atoms. The number of nitrogens with one attached hydrogen (secondary N) is 2. The molecule has 0 aliphatic heterocycles. The molecule has 1 heterocycles. The van der Waals surface area contributed by atoms with Gasteiger partial charge in [-0.25, -0.2) is 0 Å². The van der Waals surface area contributed by atoms with Gasteiger partial charge in [-0.2, -0.15) is 0 Å². The van der Waals surface area contributed by atoms with Crippen LogP contribution >= 0.6 is 0 Å². The van der Waals surface area contributed by atoms with Crippen LogP contribution in [-0.2, 0) is 5.41 Å². The topological polar surface area (TPSA) is 71.1 Å². The second kappa shape index (κ2) is 7.73. The van der Waals surface area contributed by atoms with E-state index in [9.17, 15) is 9.59 Å². The van der Waals surface area contributed by atoms with Crippen molar-refractivity contribution in [1.82, 2.24) is 15.6 Å². The molecule has 0 aliphatic rings. The van der Waals surface area contributed by atoms with Crippen LogP contribution in [0.5, 0.6) is 0 Å². The number of benzene rings is 1. The van der Waals surface area contributed by atoms with Crippen molar-refractivity contribution in [2.45, 2.75) is 26.2 Å². The predicted octanol–water partition coefficient (Wildman–Crippen LogP) is 2.54. The average molecular weight is 325 g/mol. The lowest BCUT2D eigenvalue weighted by Crippen LogP contribution is -2.34. The van der Waals surface area contributed by atoms with Gasteiger partial charge in [0.05, 0.1) is 5.56 Å². The van der Waals surface area contributed by atoms with Gasteiger partial charge >= 0.3 is 0 Å². The predicted molar refractivity (Wildman–Crippen MR) is 94.0 cm³/mol. The SMILES string of the molecule is CC(C)(C)c1ccc(C(=O)NCCNC(=O)c2cccnc2)cc1. The van der Waals surface area contributed by atoms with Crippen molar-refractivity contribution in [2.24, 2.45) is 0 Å². The number of hydrogen-bond acceptors (Lipinski definition) is 3. The van der Waals surface area contributed by atoms with Crippen molar-refractivity contribution in [3.8, 4) is 0 Å². The molecule has 0 atom stereocenters. The maximum absolute atomic E-state index is 12.1. The van der Waals surface area contributed by atoms with Crippen molar-refractivity contribution < 1.29 is 9.59 Å². The van der Waals surface area contributed by atoms with Gasteiger partial charge in [-0.15, -0.1) is 0 Å². The van der Waals surface area contributed by atoms with Crippen molar-refractivity contribution in [3.63, 3.8) is 0 Å². The number of nitrogens with zero attached hydrogens (tertiary/aromatic N) is 1. The third-order valence-corrected chi connectivity index (χ3v) is 3.63. The second-order valence-electron chi connectivity index (χ2n) is 6.58. The van der Waals surface area contributed by atoms with Crippen LogP contribution in [0.15, 0.2) is 48.8 Å². The number of carbonyl (C=O) groups excluding carboxylic acids is 2. The summed E-state index contributed by atoms with van der Waals surface area (Å²) >= 11 is 0. The molecule has 5 heteroatoms. The van der Waals surface area contributed by atoms with E-state index in [0.717, 1.165) is 0 Å². The minimum absolute atomic E-state index is 0.0611. The zero-order valence-electron chi connectivity index (χ0n) is 14.3. The lowest BCUT2D eigenvalue weighted by atomic mass is 9.87. The molecule has 2 N–H and O–H groups in total. The van der Waals surface area contributed by atoms with E-state index in [1.54, 1.807) is 18.3 Å². The molecule has 0 radical (unpaired) electrons. The minimum atomic E-state index is -0.202. The van der Waals surface area contributed by atoms with Crippen LogP contribution in [-0.4, -0.2) is 29.9 Å². The zero-order chi connectivity index (χ0) is 17.6. The van der Waals surface area contributed by atoms with Crippen LogP contribution in [0, 0.1) is 0 Å². The Morgan fingerprint density at radius 2 is 1.50 bits per heavy atom. The van der Waals surface area contributed by atoms with E-state index < -0.39 is 0 Å². The Morgan fingerprint density at radius 3 is 2.00 bits per heavy atom. The van der Waals surface area contributed by atoms with Crippen LogP contribution in [0.25, 0.3) is 0 Å². The van der Waals surface area contributed by atoms with Crippen LogP contribution in [0.2, 0.25) is 0 Å². The lowest BCUT2D eigenvalue weighted by Gasteiger charge is -2.19. The third-order valence-electron chi connectivity index (χ3n) is 3.63. The molecule has 0 spiro atoms. The number of aromatic nitrogens is 1. The quantitative estimate of drug-likeness (QED) is 0.830. The van der Waals surface area contributed by atoms with Gasteiger partial charge in [-0.05, 0) is 35.2 Å². The smallest absolute Gasteiger partial charge is 0.252 e. The summed E-state index contributed by atoms with van der Waals surface area (Å²) in [5.74, 6) is -0.349. The van der Waals surface area contributed by atoms with Crippen molar-refractivity contribution in [1.29, 1.82) is 0 Å². The Bertz CT molecular complexity index is 689. The Kier molecular flexibility index (Phi) is 5.68. The molecule has 1 aromatic carbocycles. The number of carbonyl (C=O) groups is 2. The molecule has 0 aliphatic carbocycles. The standard InChI is InChI=1S/C19H23N3O2/c1-19(2,3)16-8-6-14(7-9-16)17(23)21-11-12-22-18(24)15-5-4-10-20-13-15/h4-10,13H,11-12H2,1-3H3,(H,21,23)(H,22,24). The first-order chi connectivity index (χ1) is 11.4. The van der Waals surface area contributed by atoms with E-state index in [1.807, 2.05) is 24.3 Å². The van der Waals surface area contributed by atoms with Crippen LogP contribution in [0.1, 0.15) is 47.1 Å². The molecule has 2 aromatic rings. The highest BCUT2D eigenvalue weighted by Gasteiger charge is 2.14. The molecule has 2 rings (SSSR count). The molecule has 0 unspecified atom stereocenters. The first kappa shape index (κ1) is 17.7. The number of hydrogen-bond donors (Lipinski definition) is 2. The van der Waals surface area contributed by atoms with Gasteiger partial charge in [0.2, 0.25) is 0 Å². The highest BCUT2D eigenvalue weighted by molar-refractivity contribution is 5.95.